The summed E-state index contributed by atoms with van der Waals surface area (Å²) in [4.78, 5) is 17.0. The molecule has 2 atom stereocenters. The van der Waals surface area contributed by atoms with Crippen LogP contribution in [0.15, 0.2) is 24.3 Å². The van der Waals surface area contributed by atoms with E-state index in [0.717, 1.165) is 48.6 Å². The number of amides is 1. The van der Waals surface area contributed by atoms with Crippen LogP contribution in [0.5, 0.6) is 23.0 Å². The summed E-state index contributed by atoms with van der Waals surface area (Å²) < 4.78 is 21.6. The van der Waals surface area contributed by atoms with Crippen molar-refractivity contribution in [3.63, 3.8) is 0 Å². The van der Waals surface area contributed by atoms with Crippen molar-refractivity contribution in [2.45, 2.75) is 31.3 Å². The van der Waals surface area contributed by atoms with Gasteiger partial charge in [-0.25, -0.2) is 0 Å². The predicted octanol–water partition coefficient (Wildman–Crippen LogP) is 2.80. The van der Waals surface area contributed by atoms with E-state index in [9.17, 15) is 9.90 Å². The average Bonchev–Trinajstić information content (AvgIpc) is 2.96. The van der Waals surface area contributed by atoms with E-state index in [4.69, 9.17) is 18.9 Å². The van der Waals surface area contributed by atoms with Crippen molar-refractivity contribution < 1.29 is 28.8 Å². The van der Waals surface area contributed by atoms with Gasteiger partial charge < -0.3 is 33.9 Å². The molecule has 0 unspecified atom stereocenters. The first kappa shape index (κ1) is 25.1. The number of likely N-dealkylation sites (N-methyl/N-ethyl adjacent to an activating group) is 1. The molecule has 2 aliphatic rings. The Labute approximate surface area is 207 Å². The van der Waals surface area contributed by atoms with Crippen LogP contribution < -0.4 is 18.9 Å². The fourth-order valence-corrected chi connectivity index (χ4v) is 5.20. The molecule has 0 saturated heterocycles. The van der Waals surface area contributed by atoms with Gasteiger partial charge in [-0.05, 0) is 73.0 Å². The van der Waals surface area contributed by atoms with Crippen LogP contribution in [0.3, 0.4) is 0 Å². The maximum Gasteiger partial charge on any atom is 0.227 e. The summed E-state index contributed by atoms with van der Waals surface area (Å²) in [5.74, 6) is 3.16. The van der Waals surface area contributed by atoms with E-state index in [1.54, 1.807) is 45.5 Å². The number of hydrogen-bond acceptors (Lipinski definition) is 7. The first-order valence-electron chi connectivity index (χ1n) is 12.0. The van der Waals surface area contributed by atoms with Gasteiger partial charge in [-0.1, -0.05) is 0 Å². The van der Waals surface area contributed by atoms with Crippen LogP contribution in [0.1, 0.15) is 40.7 Å². The monoisotopic (exact) mass is 484 g/mol. The van der Waals surface area contributed by atoms with Gasteiger partial charge in [0.1, 0.15) is 0 Å². The Morgan fingerprint density at radius 1 is 0.914 bits per heavy atom. The van der Waals surface area contributed by atoms with E-state index < -0.39 is 6.10 Å². The molecule has 0 saturated carbocycles. The van der Waals surface area contributed by atoms with E-state index in [1.807, 2.05) is 0 Å². The number of β-amino-alcohol motifs (C(OH)–C–C–N with tert-alkyl or cyclic N) is 1. The number of hydrogen-bond donors (Lipinski definition) is 1. The highest BCUT2D eigenvalue weighted by atomic mass is 16.5. The lowest BCUT2D eigenvalue weighted by atomic mass is 9.77. The Morgan fingerprint density at radius 3 is 2.11 bits per heavy atom. The van der Waals surface area contributed by atoms with Crippen LogP contribution in [0.4, 0.5) is 0 Å². The summed E-state index contributed by atoms with van der Waals surface area (Å²) in [5, 5.41) is 10.8. The molecule has 190 valence electrons. The molecule has 35 heavy (non-hydrogen) atoms. The zero-order valence-corrected chi connectivity index (χ0v) is 21.3. The van der Waals surface area contributed by atoms with Crippen LogP contribution in [0.25, 0.3) is 0 Å². The van der Waals surface area contributed by atoms with Crippen molar-refractivity contribution in [3.05, 3.63) is 46.5 Å². The third kappa shape index (κ3) is 5.18. The fourth-order valence-electron chi connectivity index (χ4n) is 5.20. The lowest BCUT2D eigenvalue weighted by Gasteiger charge is -2.34. The Hall–Kier alpha value is -2.97. The van der Waals surface area contributed by atoms with E-state index in [1.165, 1.54) is 11.1 Å². The van der Waals surface area contributed by atoms with Crippen molar-refractivity contribution in [3.8, 4) is 23.0 Å². The number of rotatable bonds is 10. The number of carbonyl (C=O) groups is 1. The number of aliphatic hydroxyl groups is 1. The molecule has 0 aromatic heterocycles. The Bertz CT molecular complexity index is 1070. The molecule has 1 heterocycles. The van der Waals surface area contributed by atoms with Gasteiger partial charge in [-0.3, -0.25) is 4.79 Å². The number of methoxy groups -OCH3 is 4. The second-order valence-electron chi connectivity index (χ2n) is 9.36. The van der Waals surface area contributed by atoms with Crippen molar-refractivity contribution in [1.29, 1.82) is 0 Å². The molecular weight excluding hydrogens is 448 g/mol. The molecular formula is C27H36N2O6. The number of carbonyl (C=O) groups excluding carboxylic acids is 1. The average molecular weight is 485 g/mol. The highest BCUT2D eigenvalue weighted by molar-refractivity contribution is 5.80. The SMILES string of the molecule is COc1cc2c(cc1OC)[C@@H](CN(C)CCCN1C[C@H](O)c3cc(OC)c(OC)cc3CC1=O)C2. The molecule has 8 heteroatoms. The van der Waals surface area contributed by atoms with E-state index in [-0.39, 0.29) is 18.9 Å². The number of fused-ring (bicyclic) bond motifs is 2. The van der Waals surface area contributed by atoms with E-state index in [2.05, 4.69) is 24.1 Å². The predicted molar refractivity (Wildman–Crippen MR) is 133 cm³/mol. The molecule has 8 nitrogen and oxygen atoms in total. The van der Waals surface area contributed by atoms with Gasteiger partial charge in [-0.15, -0.1) is 0 Å². The molecule has 0 radical (unpaired) electrons. The van der Waals surface area contributed by atoms with Crippen LogP contribution in [0, 0.1) is 0 Å². The van der Waals surface area contributed by atoms with Crippen LogP contribution >= 0.6 is 0 Å². The Balaban J connectivity index is 1.31. The number of nitrogens with zero attached hydrogens (tertiary/aromatic N) is 2. The topological polar surface area (TPSA) is 80.7 Å². The third-order valence-corrected chi connectivity index (χ3v) is 7.14. The van der Waals surface area contributed by atoms with E-state index in [0.29, 0.717) is 24.0 Å². The Kier molecular flexibility index (Phi) is 7.72. The highest BCUT2D eigenvalue weighted by Gasteiger charge is 2.30. The zero-order chi connectivity index (χ0) is 25.1. The first-order chi connectivity index (χ1) is 16.9. The van der Waals surface area contributed by atoms with Crippen LogP contribution in [-0.2, 0) is 17.6 Å². The normalized spacial score (nSPS) is 18.9. The number of ether oxygens (including phenoxy) is 4. The second-order valence-corrected chi connectivity index (χ2v) is 9.36. The van der Waals surface area contributed by atoms with Crippen LogP contribution in [-0.4, -0.2) is 82.5 Å². The molecule has 1 amide bonds. The summed E-state index contributed by atoms with van der Waals surface area (Å²) in [6.07, 6.45) is 1.35. The van der Waals surface area contributed by atoms with Crippen molar-refractivity contribution in [1.82, 2.24) is 9.80 Å². The smallest absolute Gasteiger partial charge is 0.227 e. The molecule has 2 aromatic rings. The summed E-state index contributed by atoms with van der Waals surface area (Å²) in [6, 6.07) is 7.75. The molecule has 1 aliphatic carbocycles. The van der Waals surface area contributed by atoms with Gasteiger partial charge in [0, 0.05) is 19.0 Å². The molecule has 1 aliphatic heterocycles. The number of benzene rings is 2. The van der Waals surface area contributed by atoms with Crippen molar-refractivity contribution >= 4 is 5.91 Å². The second kappa shape index (κ2) is 10.7. The van der Waals surface area contributed by atoms with Gasteiger partial charge >= 0.3 is 0 Å². The highest BCUT2D eigenvalue weighted by Crippen LogP contribution is 2.42. The summed E-state index contributed by atoms with van der Waals surface area (Å²) in [5.41, 5.74) is 4.16. The van der Waals surface area contributed by atoms with Gasteiger partial charge in [0.05, 0.1) is 47.5 Å². The molecule has 0 spiro atoms. The molecule has 1 N–H and O–H groups in total. The van der Waals surface area contributed by atoms with Gasteiger partial charge in [0.25, 0.3) is 0 Å². The minimum absolute atomic E-state index is 0.0200. The maximum absolute atomic E-state index is 12.9. The van der Waals surface area contributed by atoms with Gasteiger partial charge in [-0.2, -0.15) is 0 Å². The minimum atomic E-state index is -0.757. The Morgan fingerprint density at radius 2 is 1.49 bits per heavy atom. The lowest BCUT2D eigenvalue weighted by molar-refractivity contribution is -0.131. The molecule has 2 aromatic carbocycles. The molecule has 0 fully saturated rings. The van der Waals surface area contributed by atoms with Crippen LogP contribution in [0.2, 0.25) is 0 Å². The molecule has 4 rings (SSSR count). The third-order valence-electron chi connectivity index (χ3n) is 7.14. The first-order valence-corrected chi connectivity index (χ1v) is 12.0. The van der Waals surface area contributed by atoms with E-state index >= 15 is 0 Å². The van der Waals surface area contributed by atoms with Crippen molar-refractivity contribution in [2.75, 3.05) is 61.7 Å². The summed E-state index contributed by atoms with van der Waals surface area (Å²) in [7, 11) is 8.58. The maximum atomic E-state index is 12.9. The van der Waals surface area contributed by atoms with Gasteiger partial charge in [0.2, 0.25) is 5.91 Å². The summed E-state index contributed by atoms with van der Waals surface area (Å²) in [6.45, 7) is 2.70. The zero-order valence-electron chi connectivity index (χ0n) is 21.3. The lowest BCUT2D eigenvalue weighted by Crippen LogP contribution is -2.37. The quantitative estimate of drug-likeness (QED) is 0.555. The van der Waals surface area contributed by atoms with Crippen molar-refractivity contribution in [2.24, 2.45) is 0 Å². The molecule has 0 bridgehead atoms. The summed E-state index contributed by atoms with van der Waals surface area (Å²) >= 11 is 0. The largest absolute Gasteiger partial charge is 0.493 e. The number of aliphatic hydroxyl groups excluding tert-OH is 1. The standard InChI is InChI=1S/C27H36N2O6/c1-28(15-19-9-17-10-23(32-2)25(34-4)13-20(17)19)7-6-8-29-16-22(30)21-14-26(35-5)24(33-3)11-18(21)12-27(29)31/h10-11,13-14,19,22,30H,6-9,12,15-16H2,1-5H3/t19-,22+/m1/s1. The fraction of sp³-hybridized carbons (Fsp3) is 0.519. The van der Waals surface area contributed by atoms with Gasteiger partial charge in [0.15, 0.2) is 23.0 Å². The minimum Gasteiger partial charge on any atom is -0.493 e.